The zero-order valence-electron chi connectivity index (χ0n) is 12.1. The van der Waals surface area contributed by atoms with Gasteiger partial charge in [0.25, 0.3) is 0 Å². The summed E-state index contributed by atoms with van der Waals surface area (Å²) in [6, 6.07) is 0. The third-order valence-corrected chi connectivity index (χ3v) is 2.65. The summed E-state index contributed by atoms with van der Waals surface area (Å²) in [5, 5.41) is 23.5. The van der Waals surface area contributed by atoms with Crippen LogP contribution in [0.1, 0.15) is 46.0 Å². The van der Waals surface area contributed by atoms with E-state index in [0.29, 0.717) is 19.4 Å². The van der Waals surface area contributed by atoms with Crippen molar-refractivity contribution < 1.29 is 24.6 Å². The number of amides is 2. The van der Waals surface area contributed by atoms with Crippen LogP contribution < -0.4 is 10.6 Å². The zero-order valence-corrected chi connectivity index (χ0v) is 12.1. The fourth-order valence-electron chi connectivity index (χ4n) is 1.62. The molecule has 0 aromatic heterocycles. The van der Waals surface area contributed by atoms with Gasteiger partial charge in [-0.1, -0.05) is 6.42 Å². The molecule has 0 aliphatic carbocycles. The maximum Gasteiger partial charge on any atom is 0.306 e. The first-order valence-electron chi connectivity index (χ1n) is 6.68. The van der Waals surface area contributed by atoms with Crippen molar-refractivity contribution >= 4 is 17.8 Å². The summed E-state index contributed by atoms with van der Waals surface area (Å²) < 4.78 is 0. The number of carbonyl (C=O) groups is 3. The molecule has 0 heterocycles. The lowest BCUT2D eigenvalue weighted by Crippen LogP contribution is -2.42. The van der Waals surface area contributed by atoms with Crippen LogP contribution >= 0.6 is 0 Å². The molecule has 0 aromatic carbocycles. The van der Waals surface area contributed by atoms with E-state index in [-0.39, 0.29) is 18.4 Å². The Balaban J connectivity index is 3.64. The number of hydrogen-bond acceptors (Lipinski definition) is 4. The lowest BCUT2D eigenvalue weighted by molar-refractivity contribution is -0.142. The third-order valence-electron chi connectivity index (χ3n) is 2.65. The van der Waals surface area contributed by atoms with Crippen molar-refractivity contribution in [3.8, 4) is 0 Å². The first-order valence-corrected chi connectivity index (χ1v) is 6.68. The maximum atomic E-state index is 11.5. The quantitative estimate of drug-likeness (QED) is 0.423. The lowest BCUT2D eigenvalue weighted by Gasteiger charge is -2.21. The minimum absolute atomic E-state index is 0.0663. The van der Waals surface area contributed by atoms with Gasteiger partial charge >= 0.3 is 5.97 Å². The number of hydrogen-bond donors (Lipinski definition) is 4. The number of carbonyl (C=O) groups excluding carboxylic acids is 2. The van der Waals surface area contributed by atoms with Crippen LogP contribution in [-0.2, 0) is 14.4 Å². The molecule has 0 spiro atoms. The zero-order chi connectivity index (χ0) is 15.6. The Kier molecular flexibility index (Phi) is 8.54. The Morgan fingerprint density at radius 2 is 1.75 bits per heavy atom. The monoisotopic (exact) mass is 288 g/mol. The van der Waals surface area contributed by atoms with Crippen LogP contribution in [-0.4, -0.2) is 46.7 Å². The molecule has 0 rings (SSSR count). The number of carboxylic acids is 1. The molecular weight excluding hydrogens is 264 g/mol. The number of carboxylic acid groups (broad SMARTS) is 1. The summed E-state index contributed by atoms with van der Waals surface area (Å²) in [6.45, 7) is 3.35. The van der Waals surface area contributed by atoms with Gasteiger partial charge in [0.15, 0.2) is 0 Å². The van der Waals surface area contributed by atoms with Gasteiger partial charge in [0.1, 0.15) is 0 Å². The smallest absolute Gasteiger partial charge is 0.306 e. The minimum atomic E-state index is -1.44. The largest absolute Gasteiger partial charge is 0.481 e. The second kappa shape index (κ2) is 9.30. The standard InChI is InChI=1S/C13H24N2O5/c1-10(16)14-7-5-3-4-6-11(17)15-9-13(2,20)8-12(18)19/h20H,3-9H2,1-2H3,(H,14,16)(H,15,17)(H,18,19). The number of aliphatic carboxylic acids is 1. The van der Waals surface area contributed by atoms with E-state index in [9.17, 15) is 19.5 Å². The lowest BCUT2D eigenvalue weighted by atomic mass is 10.0. The second-order valence-corrected chi connectivity index (χ2v) is 5.14. The van der Waals surface area contributed by atoms with E-state index in [0.717, 1.165) is 12.8 Å². The SMILES string of the molecule is CC(=O)NCCCCCC(=O)NCC(C)(O)CC(=O)O. The van der Waals surface area contributed by atoms with Crippen molar-refractivity contribution in [3.05, 3.63) is 0 Å². The highest BCUT2D eigenvalue weighted by Gasteiger charge is 2.24. The second-order valence-electron chi connectivity index (χ2n) is 5.14. The predicted molar refractivity (Wildman–Crippen MR) is 73.0 cm³/mol. The summed E-state index contributed by atoms with van der Waals surface area (Å²) in [5.74, 6) is -1.39. The van der Waals surface area contributed by atoms with E-state index in [1.807, 2.05) is 0 Å². The van der Waals surface area contributed by atoms with E-state index in [1.54, 1.807) is 0 Å². The van der Waals surface area contributed by atoms with Crippen LogP contribution in [0.3, 0.4) is 0 Å². The van der Waals surface area contributed by atoms with Gasteiger partial charge in [-0.15, -0.1) is 0 Å². The number of nitrogens with one attached hydrogen (secondary N) is 2. The molecule has 7 heteroatoms. The average Bonchev–Trinajstić information content (AvgIpc) is 2.29. The molecule has 4 N–H and O–H groups in total. The number of unbranched alkanes of at least 4 members (excludes halogenated alkanes) is 2. The van der Waals surface area contributed by atoms with Crippen LogP contribution in [0.25, 0.3) is 0 Å². The van der Waals surface area contributed by atoms with E-state index in [2.05, 4.69) is 10.6 Å². The first kappa shape index (κ1) is 18.4. The summed E-state index contributed by atoms with van der Waals surface area (Å²) in [4.78, 5) is 32.6. The predicted octanol–water partition coefficient (Wildman–Crippen LogP) is 0.0248. The fourth-order valence-corrected chi connectivity index (χ4v) is 1.62. The topological polar surface area (TPSA) is 116 Å². The van der Waals surface area contributed by atoms with Gasteiger partial charge < -0.3 is 20.8 Å². The van der Waals surface area contributed by atoms with Gasteiger partial charge in [0.05, 0.1) is 12.0 Å². The molecule has 1 unspecified atom stereocenters. The van der Waals surface area contributed by atoms with Crippen LogP contribution in [0, 0.1) is 0 Å². The van der Waals surface area contributed by atoms with Crippen molar-refractivity contribution in [2.75, 3.05) is 13.1 Å². The minimum Gasteiger partial charge on any atom is -0.481 e. The highest BCUT2D eigenvalue weighted by atomic mass is 16.4. The molecule has 0 saturated carbocycles. The summed E-state index contributed by atoms with van der Waals surface area (Å²) >= 11 is 0. The number of rotatable bonds is 10. The molecule has 1 atom stereocenters. The molecule has 20 heavy (non-hydrogen) atoms. The summed E-state index contributed by atoms with van der Waals surface area (Å²) in [5.41, 5.74) is -1.44. The van der Waals surface area contributed by atoms with Gasteiger partial charge in [-0.3, -0.25) is 14.4 Å². The summed E-state index contributed by atoms with van der Waals surface area (Å²) in [7, 11) is 0. The average molecular weight is 288 g/mol. The van der Waals surface area contributed by atoms with Gasteiger partial charge in [0.2, 0.25) is 11.8 Å². The third kappa shape index (κ3) is 11.5. The van der Waals surface area contributed by atoms with E-state index < -0.39 is 18.0 Å². The molecular formula is C13H24N2O5. The Hall–Kier alpha value is -1.63. The van der Waals surface area contributed by atoms with Gasteiger partial charge in [-0.2, -0.15) is 0 Å². The highest BCUT2D eigenvalue weighted by Crippen LogP contribution is 2.07. The van der Waals surface area contributed by atoms with Crippen molar-refractivity contribution in [1.29, 1.82) is 0 Å². The fraction of sp³-hybridized carbons (Fsp3) is 0.769. The van der Waals surface area contributed by atoms with E-state index >= 15 is 0 Å². The Morgan fingerprint density at radius 1 is 1.10 bits per heavy atom. The number of aliphatic hydroxyl groups is 1. The Morgan fingerprint density at radius 3 is 2.30 bits per heavy atom. The van der Waals surface area contributed by atoms with Crippen LogP contribution in [0.15, 0.2) is 0 Å². The van der Waals surface area contributed by atoms with Gasteiger partial charge in [-0.05, 0) is 19.8 Å². The van der Waals surface area contributed by atoms with Crippen molar-refractivity contribution in [1.82, 2.24) is 10.6 Å². The Labute approximate surface area is 118 Å². The molecule has 0 aliphatic heterocycles. The normalized spacial score (nSPS) is 13.3. The van der Waals surface area contributed by atoms with Gasteiger partial charge in [-0.25, -0.2) is 0 Å². The molecule has 0 fully saturated rings. The molecule has 7 nitrogen and oxygen atoms in total. The molecule has 2 amide bonds. The molecule has 0 saturated heterocycles. The van der Waals surface area contributed by atoms with Crippen LogP contribution in [0.4, 0.5) is 0 Å². The van der Waals surface area contributed by atoms with Crippen LogP contribution in [0.5, 0.6) is 0 Å². The molecule has 0 aromatic rings. The van der Waals surface area contributed by atoms with Crippen molar-refractivity contribution in [2.45, 2.75) is 51.6 Å². The molecule has 116 valence electrons. The Bertz CT molecular complexity index is 342. The maximum absolute atomic E-state index is 11.5. The van der Waals surface area contributed by atoms with E-state index in [1.165, 1.54) is 13.8 Å². The van der Waals surface area contributed by atoms with Crippen molar-refractivity contribution in [2.24, 2.45) is 0 Å². The van der Waals surface area contributed by atoms with E-state index in [4.69, 9.17) is 5.11 Å². The summed E-state index contributed by atoms with van der Waals surface area (Å²) in [6.07, 6.45) is 2.22. The van der Waals surface area contributed by atoms with Crippen LogP contribution in [0.2, 0.25) is 0 Å². The van der Waals surface area contributed by atoms with Crippen molar-refractivity contribution in [3.63, 3.8) is 0 Å². The highest BCUT2D eigenvalue weighted by molar-refractivity contribution is 5.76. The molecule has 0 aliphatic rings. The first-order chi connectivity index (χ1) is 9.23. The molecule has 0 radical (unpaired) electrons. The van der Waals surface area contributed by atoms with Gasteiger partial charge in [0, 0.05) is 26.4 Å². The molecule has 0 bridgehead atoms.